The van der Waals surface area contributed by atoms with Crippen molar-refractivity contribution in [2.45, 2.75) is 19.1 Å². The zero-order chi connectivity index (χ0) is 17.9. The molecule has 0 bridgehead atoms. The number of hydrogen-bond acceptors (Lipinski definition) is 4. The molecule has 4 rings (SSSR count). The third-order valence-electron chi connectivity index (χ3n) is 4.25. The van der Waals surface area contributed by atoms with Crippen LogP contribution in [0.15, 0.2) is 60.8 Å². The molecule has 1 amide bonds. The third kappa shape index (κ3) is 3.26. The van der Waals surface area contributed by atoms with Gasteiger partial charge in [-0.15, -0.1) is 0 Å². The standard InChI is InChI=1S/C20H19N3O3/c1-13(19-21-11-15(23-19)14-7-3-2-4-8-14)22-20(24)18-12-25-16-9-5-6-10-17(16)26-18/h2-11,13,18H,12H2,1H3,(H,21,23)(H,22,24)/t13-,18-/m1/s1. The van der Waals surface area contributed by atoms with Crippen molar-refractivity contribution in [2.75, 3.05) is 6.61 Å². The van der Waals surface area contributed by atoms with Crippen LogP contribution in [0.25, 0.3) is 11.3 Å². The Kier molecular flexibility index (Phi) is 4.31. The lowest BCUT2D eigenvalue weighted by molar-refractivity contribution is -0.131. The molecule has 1 aliphatic heterocycles. The van der Waals surface area contributed by atoms with Crippen molar-refractivity contribution in [1.82, 2.24) is 15.3 Å². The van der Waals surface area contributed by atoms with Gasteiger partial charge in [0, 0.05) is 0 Å². The molecule has 2 N–H and O–H groups in total. The fourth-order valence-corrected chi connectivity index (χ4v) is 2.84. The molecule has 3 aromatic rings. The Bertz CT molecular complexity index is 907. The van der Waals surface area contributed by atoms with E-state index in [0.29, 0.717) is 17.3 Å². The maximum Gasteiger partial charge on any atom is 0.265 e. The van der Waals surface area contributed by atoms with Gasteiger partial charge in [-0.2, -0.15) is 0 Å². The van der Waals surface area contributed by atoms with Gasteiger partial charge in [-0.25, -0.2) is 4.98 Å². The number of amides is 1. The van der Waals surface area contributed by atoms with E-state index in [9.17, 15) is 4.79 Å². The summed E-state index contributed by atoms with van der Waals surface area (Å²) in [6.07, 6.45) is 1.08. The maximum absolute atomic E-state index is 12.5. The van der Waals surface area contributed by atoms with Gasteiger partial charge in [-0.05, 0) is 24.6 Å². The number of aromatic nitrogens is 2. The van der Waals surface area contributed by atoms with Crippen LogP contribution in [0.5, 0.6) is 11.5 Å². The van der Waals surface area contributed by atoms with E-state index in [1.54, 1.807) is 12.3 Å². The lowest BCUT2D eigenvalue weighted by Crippen LogP contribution is -2.44. The Morgan fingerprint density at radius 2 is 1.88 bits per heavy atom. The van der Waals surface area contributed by atoms with Gasteiger partial charge in [0.2, 0.25) is 6.10 Å². The molecule has 0 radical (unpaired) electrons. The van der Waals surface area contributed by atoms with E-state index in [2.05, 4.69) is 15.3 Å². The Hall–Kier alpha value is -3.28. The van der Waals surface area contributed by atoms with Gasteiger partial charge in [-0.3, -0.25) is 4.79 Å². The molecule has 0 spiro atoms. The Morgan fingerprint density at radius 1 is 1.15 bits per heavy atom. The molecule has 6 nitrogen and oxygen atoms in total. The fraction of sp³-hybridized carbons (Fsp3) is 0.200. The van der Waals surface area contributed by atoms with Gasteiger partial charge in [0.25, 0.3) is 5.91 Å². The molecule has 0 unspecified atom stereocenters. The van der Waals surface area contributed by atoms with Crippen molar-refractivity contribution in [2.24, 2.45) is 0 Å². The first-order valence-corrected chi connectivity index (χ1v) is 8.50. The number of rotatable bonds is 4. The van der Waals surface area contributed by atoms with Crippen molar-refractivity contribution in [3.05, 3.63) is 66.6 Å². The molecule has 26 heavy (non-hydrogen) atoms. The second kappa shape index (κ2) is 6.92. The Labute approximate surface area is 151 Å². The number of ether oxygens (including phenoxy) is 2. The van der Waals surface area contributed by atoms with Crippen LogP contribution in [0.4, 0.5) is 0 Å². The van der Waals surface area contributed by atoms with Gasteiger partial charge in [0.1, 0.15) is 12.4 Å². The molecule has 2 atom stereocenters. The lowest BCUT2D eigenvalue weighted by Gasteiger charge is -2.26. The zero-order valence-electron chi connectivity index (χ0n) is 14.3. The third-order valence-corrected chi connectivity index (χ3v) is 4.25. The number of aromatic amines is 1. The van der Waals surface area contributed by atoms with Crippen molar-refractivity contribution < 1.29 is 14.3 Å². The molecule has 1 aromatic heterocycles. The van der Waals surface area contributed by atoms with Crippen LogP contribution in [0, 0.1) is 0 Å². The minimum Gasteiger partial charge on any atom is -0.485 e. The van der Waals surface area contributed by atoms with Crippen molar-refractivity contribution >= 4 is 5.91 Å². The van der Waals surface area contributed by atoms with Crippen LogP contribution in [-0.4, -0.2) is 28.6 Å². The van der Waals surface area contributed by atoms with E-state index < -0.39 is 6.10 Å². The number of carbonyl (C=O) groups excluding carboxylic acids is 1. The number of carbonyl (C=O) groups is 1. The maximum atomic E-state index is 12.5. The first-order chi connectivity index (χ1) is 12.7. The van der Waals surface area contributed by atoms with E-state index in [0.717, 1.165) is 11.3 Å². The fourth-order valence-electron chi connectivity index (χ4n) is 2.84. The van der Waals surface area contributed by atoms with Gasteiger partial charge < -0.3 is 19.8 Å². The van der Waals surface area contributed by atoms with Crippen LogP contribution in [0.3, 0.4) is 0 Å². The molecular formula is C20H19N3O3. The van der Waals surface area contributed by atoms with Crippen LogP contribution < -0.4 is 14.8 Å². The lowest BCUT2D eigenvalue weighted by atomic mass is 10.2. The summed E-state index contributed by atoms with van der Waals surface area (Å²) in [5, 5.41) is 2.92. The van der Waals surface area contributed by atoms with E-state index in [4.69, 9.17) is 9.47 Å². The van der Waals surface area contributed by atoms with E-state index >= 15 is 0 Å². The quantitative estimate of drug-likeness (QED) is 0.759. The minimum absolute atomic E-state index is 0.184. The number of benzene rings is 2. The average molecular weight is 349 g/mol. The minimum atomic E-state index is -0.684. The summed E-state index contributed by atoms with van der Waals surface area (Å²) in [7, 11) is 0. The summed E-state index contributed by atoms with van der Waals surface area (Å²) in [4.78, 5) is 20.2. The molecule has 2 heterocycles. The summed E-state index contributed by atoms with van der Waals surface area (Å²) < 4.78 is 11.3. The first kappa shape index (κ1) is 16.2. The highest BCUT2D eigenvalue weighted by atomic mass is 16.6. The van der Waals surface area contributed by atoms with Crippen molar-refractivity contribution in [1.29, 1.82) is 0 Å². The van der Waals surface area contributed by atoms with Crippen LogP contribution in [0.1, 0.15) is 18.8 Å². The highest BCUT2D eigenvalue weighted by molar-refractivity contribution is 5.82. The molecular weight excluding hydrogens is 330 g/mol. The average Bonchev–Trinajstić information content (AvgIpc) is 3.18. The second-order valence-electron chi connectivity index (χ2n) is 6.14. The molecule has 6 heteroatoms. The monoisotopic (exact) mass is 349 g/mol. The number of fused-ring (bicyclic) bond motifs is 1. The molecule has 0 saturated heterocycles. The summed E-state index contributed by atoms with van der Waals surface area (Å²) in [5.74, 6) is 1.69. The van der Waals surface area contributed by atoms with Gasteiger partial charge in [-0.1, -0.05) is 42.5 Å². The van der Waals surface area contributed by atoms with Gasteiger partial charge in [0.15, 0.2) is 11.5 Å². The summed E-state index contributed by atoms with van der Waals surface area (Å²) >= 11 is 0. The molecule has 0 saturated carbocycles. The van der Waals surface area contributed by atoms with Gasteiger partial charge in [0.05, 0.1) is 17.9 Å². The molecule has 2 aromatic carbocycles. The SMILES string of the molecule is C[C@@H](NC(=O)[C@H]1COc2ccccc2O1)c1ncc(-c2ccccc2)[nH]1. The topological polar surface area (TPSA) is 76.2 Å². The molecule has 0 fully saturated rings. The second-order valence-corrected chi connectivity index (χ2v) is 6.14. The Balaban J connectivity index is 1.41. The number of H-pyrrole nitrogens is 1. The Morgan fingerprint density at radius 3 is 2.69 bits per heavy atom. The first-order valence-electron chi connectivity index (χ1n) is 8.50. The summed E-state index contributed by atoms with van der Waals surface area (Å²) in [5.41, 5.74) is 1.96. The highest BCUT2D eigenvalue weighted by Gasteiger charge is 2.28. The predicted octanol–water partition coefficient (Wildman–Crippen LogP) is 3.09. The molecule has 0 aliphatic carbocycles. The molecule has 1 aliphatic rings. The number of nitrogens with zero attached hydrogens (tertiary/aromatic N) is 1. The number of imidazole rings is 1. The van der Waals surface area contributed by atoms with E-state index in [-0.39, 0.29) is 18.6 Å². The van der Waals surface area contributed by atoms with Crippen LogP contribution >= 0.6 is 0 Å². The van der Waals surface area contributed by atoms with Crippen molar-refractivity contribution in [3.8, 4) is 22.8 Å². The van der Waals surface area contributed by atoms with Gasteiger partial charge >= 0.3 is 0 Å². The normalized spacial score (nSPS) is 16.7. The smallest absolute Gasteiger partial charge is 0.265 e. The number of nitrogens with one attached hydrogen (secondary N) is 2. The molecule has 132 valence electrons. The van der Waals surface area contributed by atoms with Crippen molar-refractivity contribution in [3.63, 3.8) is 0 Å². The number of para-hydroxylation sites is 2. The van der Waals surface area contributed by atoms with Crippen LogP contribution in [0.2, 0.25) is 0 Å². The number of hydrogen-bond donors (Lipinski definition) is 2. The largest absolute Gasteiger partial charge is 0.485 e. The van der Waals surface area contributed by atoms with E-state index in [1.807, 2.05) is 55.5 Å². The summed E-state index contributed by atoms with van der Waals surface area (Å²) in [6, 6.07) is 17.0. The van der Waals surface area contributed by atoms with E-state index in [1.165, 1.54) is 0 Å². The predicted molar refractivity (Wildman–Crippen MR) is 96.9 cm³/mol. The zero-order valence-corrected chi connectivity index (χ0v) is 14.3. The van der Waals surface area contributed by atoms with Crippen LogP contribution in [-0.2, 0) is 4.79 Å². The highest BCUT2D eigenvalue weighted by Crippen LogP contribution is 2.31. The summed E-state index contributed by atoms with van der Waals surface area (Å²) in [6.45, 7) is 2.06.